The lowest BCUT2D eigenvalue weighted by Crippen LogP contribution is -2.50. The molecule has 0 aliphatic heterocycles. The summed E-state index contributed by atoms with van der Waals surface area (Å²) in [5.74, 6) is 0.482. The van der Waals surface area contributed by atoms with Crippen LogP contribution in [0.15, 0.2) is 63.8 Å². The van der Waals surface area contributed by atoms with Crippen LogP contribution in [0, 0.1) is 0 Å². The molecule has 0 saturated heterocycles. The van der Waals surface area contributed by atoms with Crippen LogP contribution < -0.4 is 15.6 Å². The highest BCUT2D eigenvalue weighted by atomic mass is 16.5. The quantitative estimate of drug-likeness (QED) is 0.370. The third-order valence-electron chi connectivity index (χ3n) is 6.53. The molecule has 9 nitrogen and oxygen atoms in total. The van der Waals surface area contributed by atoms with Crippen molar-refractivity contribution in [1.29, 1.82) is 0 Å². The third kappa shape index (κ3) is 3.93. The maximum atomic E-state index is 13.3. The van der Waals surface area contributed by atoms with Gasteiger partial charge in [0.25, 0.3) is 5.56 Å². The molecule has 3 N–H and O–H groups in total. The molecule has 1 amide bonds. The second kappa shape index (κ2) is 8.92. The summed E-state index contributed by atoms with van der Waals surface area (Å²) in [7, 11) is 1.56. The normalized spacial score (nSPS) is 14.5. The van der Waals surface area contributed by atoms with E-state index >= 15 is 0 Å². The molecule has 0 spiro atoms. The number of aliphatic hydroxyl groups excluding tert-OH is 1. The number of carboxylic acid groups (broad SMARTS) is 1. The first kappa shape index (κ1) is 22.7. The lowest BCUT2D eigenvalue weighted by Gasteiger charge is -2.42. The number of rotatable bonds is 7. The summed E-state index contributed by atoms with van der Waals surface area (Å²) in [5.41, 5.74) is 2.29. The summed E-state index contributed by atoms with van der Waals surface area (Å²) < 4.78 is 12.9. The molecule has 5 rings (SSSR count). The van der Waals surface area contributed by atoms with Gasteiger partial charge in [-0.15, -0.1) is 0 Å². The molecule has 180 valence electrons. The van der Waals surface area contributed by atoms with Crippen LogP contribution in [-0.4, -0.2) is 39.1 Å². The van der Waals surface area contributed by atoms with Crippen LogP contribution >= 0.6 is 0 Å². The van der Waals surface area contributed by atoms with Crippen LogP contribution in [0.4, 0.5) is 4.79 Å². The van der Waals surface area contributed by atoms with E-state index in [0.29, 0.717) is 16.7 Å². The van der Waals surface area contributed by atoms with Crippen molar-refractivity contribution in [2.24, 2.45) is 7.05 Å². The van der Waals surface area contributed by atoms with Crippen molar-refractivity contribution in [3.63, 3.8) is 0 Å². The number of aliphatic hydroxyl groups is 1. The Labute approximate surface area is 200 Å². The predicted octanol–water partition coefficient (Wildman–Crippen LogP) is 3.88. The lowest BCUT2D eigenvalue weighted by molar-refractivity contribution is 0.144. The average molecular weight is 476 g/mol. The first-order chi connectivity index (χ1) is 16.9. The number of nitrogens with one attached hydrogen (secondary N) is 1. The SMILES string of the molecule is Cn1c(OCCO)nc2oc(-c3ccc(C4(NC(=O)O)CCC4)cc3)c(-c3ccccc3)c2c1=O. The second-order valence-corrected chi connectivity index (χ2v) is 8.63. The number of furan rings is 1. The number of ether oxygens (including phenoxy) is 1. The van der Waals surface area contributed by atoms with Crippen LogP contribution in [0.1, 0.15) is 24.8 Å². The molecule has 0 unspecified atom stereocenters. The molecule has 1 fully saturated rings. The van der Waals surface area contributed by atoms with E-state index < -0.39 is 11.6 Å². The fourth-order valence-electron chi connectivity index (χ4n) is 4.62. The number of benzene rings is 2. The highest BCUT2D eigenvalue weighted by molar-refractivity contribution is 6.00. The highest BCUT2D eigenvalue weighted by Crippen LogP contribution is 2.43. The number of carbonyl (C=O) groups is 1. The zero-order valence-corrected chi connectivity index (χ0v) is 19.2. The molecule has 9 heteroatoms. The van der Waals surface area contributed by atoms with Gasteiger partial charge in [0.05, 0.1) is 12.1 Å². The largest absolute Gasteiger partial charge is 0.465 e. The number of hydrogen-bond acceptors (Lipinski definition) is 6. The van der Waals surface area contributed by atoms with Gasteiger partial charge in [-0.3, -0.25) is 9.36 Å². The molecular formula is C26H25N3O6. The van der Waals surface area contributed by atoms with E-state index in [9.17, 15) is 14.7 Å². The van der Waals surface area contributed by atoms with Crippen molar-refractivity contribution in [3.8, 4) is 28.5 Å². The Morgan fingerprint density at radius 3 is 2.46 bits per heavy atom. The minimum Gasteiger partial charge on any atom is -0.465 e. The topological polar surface area (TPSA) is 127 Å². The molecule has 35 heavy (non-hydrogen) atoms. The van der Waals surface area contributed by atoms with E-state index in [0.717, 1.165) is 36.0 Å². The minimum atomic E-state index is -1.04. The zero-order valence-electron chi connectivity index (χ0n) is 19.2. The zero-order chi connectivity index (χ0) is 24.6. The maximum Gasteiger partial charge on any atom is 0.405 e. The molecule has 1 aliphatic rings. The van der Waals surface area contributed by atoms with E-state index in [2.05, 4.69) is 10.3 Å². The molecule has 4 aromatic rings. The van der Waals surface area contributed by atoms with Gasteiger partial charge in [-0.2, -0.15) is 4.98 Å². The van der Waals surface area contributed by atoms with Crippen molar-refractivity contribution < 1.29 is 24.2 Å². The predicted molar refractivity (Wildman–Crippen MR) is 129 cm³/mol. The summed E-state index contributed by atoms with van der Waals surface area (Å²) in [4.78, 5) is 29.1. The standard InChI is InChI=1S/C26H25N3O6/c1-29-23(31)20-19(16-6-3-2-4-7-16)21(35-22(20)27-24(29)34-15-14-30)17-8-10-18(11-9-17)26(12-5-13-26)28-25(32)33/h2-4,6-11,28,30H,5,12-15H2,1H3,(H,32,33). The number of hydrogen-bond donors (Lipinski definition) is 3. The first-order valence-corrected chi connectivity index (χ1v) is 11.4. The Morgan fingerprint density at radius 2 is 1.86 bits per heavy atom. The number of fused-ring (bicyclic) bond motifs is 1. The van der Waals surface area contributed by atoms with Gasteiger partial charge in [-0.25, -0.2) is 4.79 Å². The Balaban J connectivity index is 1.66. The van der Waals surface area contributed by atoms with Gasteiger partial charge in [0, 0.05) is 18.2 Å². The van der Waals surface area contributed by atoms with E-state index in [-0.39, 0.29) is 30.5 Å². The van der Waals surface area contributed by atoms with E-state index in [1.807, 2.05) is 54.6 Å². The van der Waals surface area contributed by atoms with Crippen molar-refractivity contribution >= 4 is 17.2 Å². The van der Waals surface area contributed by atoms with Crippen LogP contribution in [0.25, 0.3) is 33.6 Å². The van der Waals surface area contributed by atoms with Crippen molar-refractivity contribution in [3.05, 3.63) is 70.5 Å². The monoisotopic (exact) mass is 475 g/mol. The Bertz CT molecular complexity index is 1440. The van der Waals surface area contributed by atoms with E-state index in [1.165, 1.54) is 4.57 Å². The second-order valence-electron chi connectivity index (χ2n) is 8.63. The number of nitrogens with zero attached hydrogens (tertiary/aromatic N) is 2. The van der Waals surface area contributed by atoms with Crippen molar-refractivity contribution in [2.75, 3.05) is 13.2 Å². The number of amides is 1. The summed E-state index contributed by atoms with van der Waals surface area (Å²) >= 11 is 0. The smallest absolute Gasteiger partial charge is 0.405 e. The van der Waals surface area contributed by atoms with Crippen LogP contribution in [0.2, 0.25) is 0 Å². The lowest BCUT2D eigenvalue weighted by atomic mass is 9.72. The van der Waals surface area contributed by atoms with Gasteiger partial charge in [0.15, 0.2) is 0 Å². The maximum absolute atomic E-state index is 13.3. The van der Waals surface area contributed by atoms with Crippen molar-refractivity contribution in [1.82, 2.24) is 14.9 Å². The first-order valence-electron chi connectivity index (χ1n) is 11.4. The Kier molecular flexibility index (Phi) is 5.78. The van der Waals surface area contributed by atoms with Gasteiger partial charge in [-0.05, 0) is 30.4 Å². The fourth-order valence-corrected chi connectivity index (χ4v) is 4.62. The van der Waals surface area contributed by atoms with Crippen LogP contribution in [0.5, 0.6) is 6.01 Å². The Hall–Kier alpha value is -4.11. The fraction of sp³-hybridized carbons (Fsp3) is 0.269. The average Bonchev–Trinajstić information content (AvgIpc) is 3.23. The van der Waals surface area contributed by atoms with Gasteiger partial charge < -0.3 is 24.7 Å². The number of aromatic nitrogens is 2. The Morgan fingerprint density at radius 1 is 1.14 bits per heavy atom. The van der Waals surface area contributed by atoms with E-state index in [1.54, 1.807) is 7.05 Å². The van der Waals surface area contributed by atoms with E-state index in [4.69, 9.17) is 14.3 Å². The molecule has 1 saturated carbocycles. The molecule has 2 aromatic heterocycles. The van der Waals surface area contributed by atoms with Gasteiger partial charge in [-0.1, -0.05) is 54.6 Å². The molecule has 0 bridgehead atoms. The summed E-state index contributed by atoms with van der Waals surface area (Å²) in [6, 6.07) is 17.1. The van der Waals surface area contributed by atoms with Crippen molar-refractivity contribution in [2.45, 2.75) is 24.8 Å². The summed E-state index contributed by atoms with van der Waals surface area (Å²) in [6.07, 6.45) is 1.41. The molecular weight excluding hydrogens is 450 g/mol. The minimum absolute atomic E-state index is 0.00150. The summed E-state index contributed by atoms with van der Waals surface area (Å²) in [6.45, 7) is -0.213. The molecule has 1 aliphatic carbocycles. The highest BCUT2D eigenvalue weighted by Gasteiger charge is 2.40. The molecule has 0 radical (unpaired) electrons. The van der Waals surface area contributed by atoms with Crippen LogP contribution in [-0.2, 0) is 12.6 Å². The third-order valence-corrected chi connectivity index (χ3v) is 6.53. The van der Waals surface area contributed by atoms with Crippen LogP contribution in [0.3, 0.4) is 0 Å². The molecule has 0 atom stereocenters. The summed E-state index contributed by atoms with van der Waals surface area (Å²) in [5, 5.41) is 21.4. The van der Waals surface area contributed by atoms with Gasteiger partial charge in [0.1, 0.15) is 17.8 Å². The van der Waals surface area contributed by atoms with Gasteiger partial charge in [0.2, 0.25) is 5.71 Å². The molecule has 2 aromatic carbocycles. The molecule has 2 heterocycles. The van der Waals surface area contributed by atoms with Gasteiger partial charge >= 0.3 is 12.1 Å².